The van der Waals surface area contributed by atoms with Crippen molar-refractivity contribution in [3.63, 3.8) is 0 Å². The van der Waals surface area contributed by atoms with Crippen LogP contribution in [0.5, 0.6) is 0 Å². The molecule has 15 heavy (non-hydrogen) atoms. The molecule has 1 saturated heterocycles. The molecule has 1 N–H and O–H groups in total. The van der Waals surface area contributed by atoms with E-state index < -0.39 is 0 Å². The van der Waals surface area contributed by atoms with Crippen LogP contribution in [0.4, 0.5) is 5.95 Å². The molecule has 1 fully saturated rings. The summed E-state index contributed by atoms with van der Waals surface area (Å²) in [6, 6.07) is -0.0289. The molecule has 2 heterocycles. The van der Waals surface area contributed by atoms with Gasteiger partial charge in [-0.05, 0) is 22.6 Å². The van der Waals surface area contributed by atoms with Gasteiger partial charge < -0.3 is 14.7 Å². The third kappa shape index (κ3) is 2.56. The summed E-state index contributed by atoms with van der Waals surface area (Å²) in [5.74, 6) is 0.665. The Morgan fingerprint density at radius 2 is 2.27 bits per heavy atom. The van der Waals surface area contributed by atoms with E-state index in [1.807, 2.05) is 4.90 Å². The van der Waals surface area contributed by atoms with E-state index in [1.165, 1.54) is 0 Å². The fourth-order valence-corrected chi connectivity index (χ4v) is 1.80. The lowest BCUT2D eigenvalue weighted by atomic mass is 10.2. The van der Waals surface area contributed by atoms with Crippen LogP contribution in [0.2, 0.25) is 0 Å². The van der Waals surface area contributed by atoms with E-state index in [-0.39, 0.29) is 12.6 Å². The molecule has 1 aliphatic rings. The lowest BCUT2D eigenvalue weighted by Gasteiger charge is -2.34. The highest BCUT2D eigenvalue weighted by molar-refractivity contribution is 14.1. The fraction of sp³-hybridized carbons (Fsp3) is 0.556. The van der Waals surface area contributed by atoms with Crippen molar-refractivity contribution in [1.29, 1.82) is 0 Å². The van der Waals surface area contributed by atoms with Crippen molar-refractivity contribution in [3.8, 4) is 0 Å². The molecular formula is C9H12IN3O2. The van der Waals surface area contributed by atoms with Crippen LogP contribution in [-0.4, -0.2) is 47.5 Å². The number of rotatable bonds is 2. The van der Waals surface area contributed by atoms with Crippen molar-refractivity contribution in [3.05, 3.63) is 16.0 Å². The molecule has 1 aromatic rings. The molecule has 1 unspecified atom stereocenters. The summed E-state index contributed by atoms with van der Waals surface area (Å²) in [6.45, 7) is 1.98. The van der Waals surface area contributed by atoms with Gasteiger partial charge >= 0.3 is 0 Å². The van der Waals surface area contributed by atoms with Crippen molar-refractivity contribution in [2.24, 2.45) is 0 Å². The van der Waals surface area contributed by atoms with Crippen LogP contribution >= 0.6 is 22.6 Å². The van der Waals surface area contributed by atoms with Gasteiger partial charge in [0, 0.05) is 22.5 Å². The molecule has 0 aromatic carbocycles. The van der Waals surface area contributed by atoms with Crippen LogP contribution in [0.3, 0.4) is 0 Å². The fourth-order valence-electron chi connectivity index (χ4n) is 1.52. The number of aliphatic hydroxyl groups is 1. The molecular weight excluding hydrogens is 309 g/mol. The Labute approximate surface area is 102 Å². The Balaban J connectivity index is 2.16. The van der Waals surface area contributed by atoms with E-state index in [1.54, 1.807) is 12.4 Å². The Hall–Kier alpha value is -0.470. The van der Waals surface area contributed by atoms with Gasteiger partial charge in [0.15, 0.2) is 0 Å². The molecule has 0 saturated carbocycles. The minimum absolute atomic E-state index is 0.0289. The molecule has 0 amide bonds. The third-order valence-corrected chi connectivity index (χ3v) is 2.86. The first-order valence-corrected chi connectivity index (χ1v) is 5.82. The minimum Gasteiger partial charge on any atom is -0.394 e. The number of hydrogen-bond donors (Lipinski definition) is 1. The van der Waals surface area contributed by atoms with Gasteiger partial charge in [-0.25, -0.2) is 9.97 Å². The number of morpholine rings is 1. The molecule has 2 rings (SSSR count). The smallest absolute Gasteiger partial charge is 0.225 e. The van der Waals surface area contributed by atoms with Gasteiger partial charge in [-0.1, -0.05) is 0 Å². The molecule has 6 heteroatoms. The maximum atomic E-state index is 9.20. The van der Waals surface area contributed by atoms with Crippen LogP contribution in [0.25, 0.3) is 0 Å². The van der Waals surface area contributed by atoms with Crippen LogP contribution < -0.4 is 4.90 Å². The number of anilines is 1. The highest BCUT2D eigenvalue weighted by Gasteiger charge is 2.24. The van der Waals surface area contributed by atoms with Crippen molar-refractivity contribution in [1.82, 2.24) is 9.97 Å². The molecule has 0 spiro atoms. The number of hydrogen-bond acceptors (Lipinski definition) is 5. The van der Waals surface area contributed by atoms with Crippen LogP contribution in [-0.2, 0) is 4.74 Å². The Morgan fingerprint density at radius 1 is 1.53 bits per heavy atom. The first-order valence-electron chi connectivity index (χ1n) is 4.74. The standard InChI is InChI=1S/C9H12IN3O2/c10-7-3-11-9(12-4-7)13-1-2-15-6-8(13)5-14/h3-4,8,14H,1-2,5-6H2. The lowest BCUT2D eigenvalue weighted by molar-refractivity contribution is 0.0718. The van der Waals surface area contributed by atoms with Crippen molar-refractivity contribution < 1.29 is 9.84 Å². The third-order valence-electron chi connectivity index (χ3n) is 2.30. The normalized spacial score (nSPS) is 21.7. The zero-order valence-electron chi connectivity index (χ0n) is 8.14. The largest absolute Gasteiger partial charge is 0.394 e. The summed E-state index contributed by atoms with van der Waals surface area (Å²) in [5, 5.41) is 9.20. The maximum Gasteiger partial charge on any atom is 0.225 e. The summed E-state index contributed by atoms with van der Waals surface area (Å²) >= 11 is 2.16. The van der Waals surface area contributed by atoms with Crippen molar-refractivity contribution in [2.75, 3.05) is 31.3 Å². The number of nitrogens with zero attached hydrogens (tertiary/aromatic N) is 3. The van der Waals surface area contributed by atoms with Gasteiger partial charge in [-0.2, -0.15) is 0 Å². The summed E-state index contributed by atoms with van der Waals surface area (Å²) in [5.41, 5.74) is 0. The maximum absolute atomic E-state index is 9.20. The molecule has 0 radical (unpaired) electrons. The van der Waals surface area contributed by atoms with E-state index in [2.05, 4.69) is 32.6 Å². The Kier molecular flexibility index (Phi) is 3.71. The monoisotopic (exact) mass is 321 g/mol. The minimum atomic E-state index is -0.0289. The molecule has 0 aliphatic carbocycles. The second-order valence-corrected chi connectivity index (χ2v) is 4.55. The first-order chi connectivity index (χ1) is 7.31. The summed E-state index contributed by atoms with van der Waals surface area (Å²) < 4.78 is 6.29. The highest BCUT2D eigenvalue weighted by atomic mass is 127. The van der Waals surface area contributed by atoms with Crippen LogP contribution in [0.15, 0.2) is 12.4 Å². The quantitative estimate of drug-likeness (QED) is 0.793. The van der Waals surface area contributed by atoms with Gasteiger partial charge in [0.2, 0.25) is 5.95 Å². The molecule has 1 atom stereocenters. The predicted octanol–water partition coefficient (Wildman–Crippen LogP) is 0.279. The van der Waals surface area contributed by atoms with Gasteiger partial charge in [-0.15, -0.1) is 0 Å². The van der Waals surface area contributed by atoms with E-state index in [0.717, 1.165) is 10.1 Å². The van der Waals surface area contributed by atoms with E-state index in [0.29, 0.717) is 19.2 Å². The van der Waals surface area contributed by atoms with E-state index in [4.69, 9.17) is 4.74 Å². The van der Waals surface area contributed by atoms with Crippen LogP contribution in [0, 0.1) is 3.57 Å². The number of halogens is 1. The van der Waals surface area contributed by atoms with Gasteiger partial charge in [-0.3, -0.25) is 0 Å². The SMILES string of the molecule is OCC1COCCN1c1ncc(I)cn1. The lowest BCUT2D eigenvalue weighted by Crippen LogP contribution is -2.48. The van der Waals surface area contributed by atoms with Crippen molar-refractivity contribution in [2.45, 2.75) is 6.04 Å². The number of aliphatic hydroxyl groups excluding tert-OH is 1. The Morgan fingerprint density at radius 3 is 2.93 bits per heavy atom. The molecule has 82 valence electrons. The predicted molar refractivity (Wildman–Crippen MR) is 63.8 cm³/mol. The average molecular weight is 321 g/mol. The van der Waals surface area contributed by atoms with E-state index >= 15 is 0 Å². The molecule has 5 nitrogen and oxygen atoms in total. The van der Waals surface area contributed by atoms with Crippen molar-refractivity contribution >= 4 is 28.5 Å². The summed E-state index contributed by atoms with van der Waals surface area (Å²) in [7, 11) is 0. The molecule has 1 aliphatic heterocycles. The average Bonchev–Trinajstić information content (AvgIpc) is 2.30. The van der Waals surface area contributed by atoms with E-state index in [9.17, 15) is 5.11 Å². The topological polar surface area (TPSA) is 58.5 Å². The number of ether oxygens (including phenoxy) is 1. The highest BCUT2D eigenvalue weighted by Crippen LogP contribution is 2.14. The van der Waals surface area contributed by atoms with Gasteiger partial charge in [0.05, 0.1) is 25.9 Å². The first kappa shape index (κ1) is 11.0. The molecule has 1 aromatic heterocycles. The second-order valence-electron chi connectivity index (χ2n) is 3.31. The summed E-state index contributed by atoms with van der Waals surface area (Å²) in [4.78, 5) is 10.5. The second kappa shape index (κ2) is 5.04. The Bertz CT molecular complexity index is 320. The zero-order chi connectivity index (χ0) is 10.7. The van der Waals surface area contributed by atoms with Crippen LogP contribution in [0.1, 0.15) is 0 Å². The molecule has 0 bridgehead atoms. The van der Waals surface area contributed by atoms with Gasteiger partial charge in [0.1, 0.15) is 0 Å². The van der Waals surface area contributed by atoms with Gasteiger partial charge in [0.25, 0.3) is 0 Å². The zero-order valence-corrected chi connectivity index (χ0v) is 10.3. The summed E-state index contributed by atoms with van der Waals surface area (Å²) in [6.07, 6.45) is 3.54. The number of aromatic nitrogens is 2.